The zero-order valence-electron chi connectivity index (χ0n) is 12.4. The molecule has 2 saturated carbocycles. The van der Waals surface area contributed by atoms with Crippen LogP contribution in [-0.2, 0) is 0 Å². The van der Waals surface area contributed by atoms with Crippen LogP contribution in [0.2, 0.25) is 0 Å². The average Bonchev–Trinajstić information content (AvgIpc) is 3.30. The van der Waals surface area contributed by atoms with Gasteiger partial charge in [0.15, 0.2) is 0 Å². The lowest BCUT2D eigenvalue weighted by molar-refractivity contribution is 0.222. The molecule has 0 bridgehead atoms. The van der Waals surface area contributed by atoms with Gasteiger partial charge < -0.3 is 5.32 Å². The van der Waals surface area contributed by atoms with Gasteiger partial charge in [-0.15, -0.1) is 0 Å². The van der Waals surface area contributed by atoms with E-state index < -0.39 is 0 Å². The smallest absolute Gasteiger partial charge is 0.126 e. The normalized spacial score (nSPS) is 30.4. The Bertz CT molecular complexity index is 441. The van der Waals surface area contributed by atoms with Gasteiger partial charge in [0.05, 0.1) is 0 Å². The highest BCUT2D eigenvalue weighted by molar-refractivity contribution is 5.23. The summed E-state index contributed by atoms with van der Waals surface area (Å²) < 4.78 is 14.2. The second-order valence-corrected chi connectivity index (χ2v) is 6.66. The molecule has 1 nitrogen and oxygen atoms in total. The van der Waals surface area contributed by atoms with E-state index in [9.17, 15) is 4.39 Å². The molecule has 3 atom stereocenters. The lowest BCUT2D eigenvalue weighted by Crippen LogP contribution is -2.33. The largest absolute Gasteiger partial charge is 0.314 e. The van der Waals surface area contributed by atoms with Crippen LogP contribution in [0.3, 0.4) is 0 Å². The van der Waals surface area contributed by atoms with Crippen LogP contribution >= 0.6 is 0 Å². The molecular weight excluding hydrogens is 249 g/mol. The molecule has 2 aliphatic rings. The minimum absolute atomic E-state index is 0.00863. The van der Waals surface area contributed by atoms with Crippen molar-refractivity contribution >= 4 is 0 Å². The minimum atomic E-state index is -0.00863. The van der Waals surface area contributed by atoms with Crippen molar-refractivity contribution in [2.45, 2.75) is 57.4 Å². The Morgan fingerprint density at radius 2 is 1.95 bits per heavy atom. The van der Waals surface area contributed by atoms with Crippen LogP contribution in [0.15, 0.2) is 24.3 Å². The van der Waals surface area contributed by atoms with Gasteiger partial charge in [-0.3, -0.25) is 0 Å². The first-order valence-corrected chi connectivity index (χ1v) is 8.25. The molecule has 0 aromatic heterocycles. The van der Waals surface area contributed by atoms with E-state index in [2.05, 4.69) is 12.2 Å². The summed E-state index contributed by atoms with van der Waals surface area (Å²) in [5, 5.41) is 3.66. The third kappa shape index (κ3) is 3.22. The molecule has 2 heteroatoms. The van der Waals surface area contributed by atoms with Gasteiger partial charge in [-0.05, 0) is 61.6 Å². The summed E-state index contributed by atoms with van der Waals surface area (Å²) in [4.78, 5) is 0. The number of benzene rings is 1. The number of hydrogen-bond acceptors (Lipinski definition) is 1. The van der Waals surface area contributed by atoms with Crippen LogP contribution < -0.4 is 5.32 Å². The second-order valence-electron chi connectivity index (χ2n) is 6.66. The predicted molar refractivity (Wildman–Crippen MR) is 81.3 cm³/mol. The van der Waals surface area contributed by atoms with Gasteiger partial charge in [0.2, 0.25) is 0 Å². The standard InChI is InChI=1S/C18H26FN/c1-2-13-7-8-14(12-20-15-9-10-15)17(11-13)16-5-3-4-6-18(16)19/h3-6,13-15,17,20H,2,7-12H2,1H3. The van der Waals surface area contributed by atoms with Crippen LogP contribution in [0, 0.1) is 17.7 Å². The van der Waals surface area contributed by atoms with E-state index in [1.165, 1.54) is 32.1 Å². The van der Waals surface area contributed by atoms with E-state index in [1.54, 1.807) is 12.1 Å². The first-order chi connectivity index (χ1) is 9.78. The molecule has 1 aromatic carbocycles. The molecule has 3 unspecified atom stereocenters. The van der Waals surface area contributed by atoms with Crippen molar-refractivity contribution in [1.82, 2.24) is 5.32 Å². The highest BCUT2D eigenvalue weighted by Crippen LogP contribution is 2.42. The summed E-state index contributed by atoms with van der Waals surface area (Å²) in [7, 11) is 0. The molecule has 0 amide bonds. The van der Waals surface area contributed by atoms with Gasteiger partial charge in [-0.25, -0.2) is 4.39 Å². The maximum Gasteiger partial charge on any atom is 0.126 e. The van der Waals surface area contributed by atoms with Crippen molar-refractivity contribution in [3.05, 3.63) is 35.6 Å². The van der Waals surface area contributed by atoms with E-state index in [0.29, 0.717) is 11.8 Å². The molecular formula is C18H26FN. The number of halogens is 1. The van der Waals surface area contributed by atoms with E-state index in [1.807, 2.05) is 12.1 Å². The quantitative estimate of drug-likeness (QED) is 0.835. The predicted octanol–water partition coefficient (Wildman–Crippen LogP) is 4.49. The SMILES string of the molecule is CCC1CCC(CNC2CC2)C(c2ccccc2F)C1. The fourth-order valence-electron chi connectivity index (χ4n) is 3.70. The first kappa shape index (κ1) is 14.1. The zero-order valence-corrected chi connectivity index (χ0v) is 12.4. The van der Waals surface area contributed by atoms with E-state index in [0.717, 1.165) is 30.5 Å². The van der Waals surface area contributed by atoms with E-state index >= 15 is 0 Å². The van der Waals surface area contributed by atoms with Crippen LogP contribution in [0.25, 0.3) is 0 Å². The van der Waals surface area contributed by atoms with Gasteiger partial charge in [-0.1, -0.05) is 38.0 Å². The fourth-order valence-corrected chi connectivity index (χ4v) is 3.70. The number of hydrogen-bond donors (Lipinski definition) is 1. The Morgan fingerprint density at radius 1 is 1.15 bits per heavy atom. The summed E-state index contributed by atoms with van der Waals surface area (Å²) >= 11 is 0. The molecule has 0 aliphatic heterocycles. The molecule has 0 saturated heterocycles. The van der Waals surface area contributed by atoms with Crippen LogP contribution in [0.5, 0.6) is 0 Å². The molecule has 2 fully saturated rings. The molecule has 0 heterocycles. The molecule has 0 spiro atoms. The molecule has 3 rings (SSSR count). The van der Waals surface area contributed by atoms with Crippen molar-refractivity contribution in [2.75, 3.05) is 6.54 Å². The molecule has 0 radical (unpaired) electrons. The van der Waals surface area contributed by atoms with Crippen molar-refractivity contribution in [3.8, 4) is 0 Å². The van der Waals surface area contributed by atoms with Crippen LogP contribution in [-0.4, -0.2) is 12.6 Å². The molecule has 110 valence electrons. The molecule has 1 N–H and O–H groups in total. The second kappa shape index (κ2) is 6.26. The minimum Gasteiger partial charge on any atom is -0.314 e. The van der Waals surface area contributed by atoms with Crippen molar-refractivity contribution in [3.63, 3.8) is 0 Å². The third-order valence-electron chi connectivity index (χ3n) is 5.23. The highest BCUT2D eigenvalue weighted by atomic mass is 19.1. The molecule has 1 aromatic rings. The molecule has 2 aliphatic carbocycles. The molecule has 20 heavy (non-hydrogen) atoms. The highest BCUT2D eigenvalue weighted by Gasteiger charge is 2.33. The van der Waals surface area contributed by atoms with E-state index in [-0.39, 0.29) is 5.82 Å². The van der Waals surface area contributed by atoms with Crippen LogP contribution in [0.4, 0.5) is 4.39 Å². The Morgan fingerprint density at radius 3 is 2.65 bits per heavy atom. The summed E-state index contributed by atoms with van der Waals surface area (Å²) in [6.45, 7) is 3.34. The van der Waals surface area contributed by atoms with Gasteiger partial charge in [0, 0.05) is 6.04 Å². The Labute approximate surface area is 122 Å². The van der Waals surface area contributed by atoms with Gasteiger partial charge in [-0.2, -0.15) is 0 Å². The maximum absolute atomic E-state index is 14.2. The first-order valence-electron chi connectivity index (χ1n) is 8.25. The maximum atomic E-state index is 14.2. The Kier molecular flexibility index (Phi) is 4.40. The zero-order chi connectivity index (χ0) is 13.9. The van der Waals surface area contributed by atoms with Crippen molar-refractivity contribution < 1.29 is 4.39 Å². The Hall–Kier alpha value is -0.890. The van der Waals surface area contributed by atoms with Crippen LogP contribution in [0.1, 0.15) is 56.9 Å². The lowest BCUT2D eigenvalue weighted by Gasteiger charge is -2.36. The lowest BCUT2D eigenvalue weighted by atomic mass is 9.70. The third-order valence-corrected chi connectivity index (χ3v) is 5.23. The van der Waals surface area contributed by atoms with Gasteiger partial charge >= 0.3 is 0 Å². The summed E-state index contributed by atoms with van der Waals surface area (Å²) in [5.74, 6) is 1.78. The average molecular weight is 275 g/mol. The number of nitrogens with one attached hydrogen (secondary N) is 1. The van der Waals surface area contributed by atoms with E-state index in [4.69, 9.17) is 0 Å². The summed E-state index contributed by atoms with van der Waals surface area (Å²) in [5.41, 5.74) is 0.952. The number of rotatable bonds is 5. The monoisotopic (exact) mass is 275 g/mol. The topological polar surface area (TPSA) is 12.0 Å². The van der Waals surface area contributed by atoms with Crippen molar-refractivity contribution in [2.24, 2.45) is 11.8 Å². The fraction of sp³-hybridized carbons (Fsp3) is 0.667. The van der Waals surface area contributed by atoms with Gasteiger partial charge in [0.25, 0.3) is 0 Å². The summed E-state index contributed by atoms with van der Waals surface area (Å²) in [6.07, 6.45) is 7.61. The van der Waals surface area contributed by atoms with Crippen molar-refractivity contribution in [1.29, 1.82) is 0 Å². The summed E-state index contributed by atoms with van der Waals surface area (Å²) in [6, 6.07) is 8.16. The Balaban J connectivity index is 1.74. The van der Waals surface area contributed by atoms with Gasteiger partial charge in [0.1, 0.15) is 5.82 Å².